The Morgan fingerprint density at radius 3 is 2.38 bits per heavy atom. The first-order chi connectivity index (χ1) is 10.1. The molecule has 21 heavy (non-hydrogen) atoms. The van der Waals surface area contributed by atoms with Crippen LogP contribution < -0.4 is 5.32 Å². The van der Waals surface area contributed by atoms with Gasteiger partial charge in [0.05, 0.1) is 11.3 Å². The van der Waals surface area contributed by atoms with Crippen molar-refractivity contribution in [2.45, 2.75) is 0 Å². The summed E-state index contributed by atoms with van der Waals surface area (Å²) >= 11 is 5.75. The summed E-state index contributed by atoms with van der Waals surface area (Å²) in [4.78, 5) is 22.9. The number of hydrogen-bond acceptors (Lipinski definition) is 3. The summed E-state index contributed by atoms with van der Waals surface area (Å²) in [7, 11) is 0. The highest BCUT2D eigenvalue weighted by Crippen LogP contribution is 2.15. The molecule has 0 unspecified atom stereocenters. The molecule has 106 valence electrons. The highest BCUT2D eigenvalue weighted by molar-refractivity contribution is 6.30. The molecule has 0 spiro atoms. The molecule has 0 fully saturated rings. The number of halogens is 1. The van der Waals surface area contributed by atoms with Gasteiger partial charge in [0.25, 0.3) is 0 Å². The largest absolute Gasteiger partial charge is 0.478 e. The number of rotatable bonds is 5. The number of nitrogens with one attached hydrogen (secondary N) is 1. The van der Waals surface area contributed by atoms with E-state index in [0.717, 1.165) is 0 Å². The smallest absolute Gasteiger partial charge is 0.337 e. The van der Waals surface area contributed by atoms with Gasteiger partial charge in [-0.2, -0.15) is 0 Å². The second-order valence-electron chi connectivity index (χ2n) is 4.20. The number of carbonyl (C=O) groups is 2. The summed E-state index contributed by atoms with van der Waals surface area (Å²) in [5.74, 6) is -1.23. The minimum absolute atomic E-state index is 0.140. The topological polar surface area (TPSA) is 66.4 Å². The number of anilines is 1. The van der Waals surface area contributed by atoms with Crippen molar-refractivity contribution in [3.05, 3.63) is 77.0 Å². The predicted octanol–water partition coefficient (Wildman–Crippen LogP) is 3.85. The Balaban J connectivity index is 2.07. The quantitative estimate of drug-likeness (QED) is 0.650. The van der Waals surface area contributed by atoms with E-state index in [1.54, 1.807) is 42.5 Å². The summed E-state index contributed by atoms with van der Waals surface area (Å²) in [5.41, 5.74) is 1.07. The molecular formula is C16H12ClNO3. The average Bonchev–Trinajstić information content (AvgIpc) is 2.48. The fourth-order valence-electron chi connectivity index (χ4n) is 1.71. The lowest BCUT2D eigenvalue weighted by Crippen LogP contribution is -2.02. The Bertz CT molecular complexity index is 693. The van der Waals surface area contributed by atoms with E-state index in [9.17, 15) is 9.59 Å². The molecule has 0 heterocycles. The first kappa shape index (κ1) is 14.8. The fraction of sp³-hybridized carbons (Fsp3) is 0. The zero-order chi connectivity index (χ0) is 15.2. The molecule has 0 saturated carbocycles. The highest BCUT2D eigenvalue weighted by atomic mass is 35.5. The van der Waals surface area contributed by atoms with Gasteiger partial charge < -0.3 is 10.4 Å². The molecule has 0 aliphatic heterocycles. The van der Waals surface area contributed by atoms with E-state index in [1.165, 1.54) is 18.3 Å². The number of aromatic carboxylic acids is 1. The molecular weight excluding hydrogens is 290 g/mol. The third-order valence-electron chi connectivity index (χ3n) is 2.76. The van der Waals surface area contributed by atoms with Crippen LogP contribution in [-0.2, 0) is 0 Å². The van der Waals surface area contributed by atoms with Gasteiger partial charge in [-0.1, -0.05) is 23.7 Å². The molecule has 0 atom stereocenters. The summed E-state index contributed by atoms with van der Waals surface area (Å²) in [6.07, 6.45) is 2.75. The molecule has 0 aromatic heterocycles. The van der Waals surface area contributed by atoms with Gasteiger partial charge in [0.1, 0.15) is 0 Å². The number of carbonyl (C=O) groups excluding carboxylic acids is 1. The molecule has 2 N–H and O–H groups in total. The van der Waals surface area contributed by atoms with Crippen molar-refractivity contribution in [2.24, 2.45) is 0 Å². The fourth-order valence-corrected chi connectivity index (χ4v) is 1.84. The Hall–Kier alpha value is -2.59. The van der Waals surface area contributed by atoms with Crippen LogP contribution in [0.3, 0.4) is 0 Å². The minimum Gasteiger partial charge on any atom is -0.478 e. The van der Waals surface area contributed by atoms with E-state index in [2.05, 4.69) is 5.32 Å². The SMILES string of the molecule is O=C(C=CNc1ccccc1C(=O)O)c1ccc(Cl)cc1. The number of carboxylic acids is 1. The molecule has 0 radical (unpaired) electrons. The van der Waals surface area contributed by atoms with Gasteiger partial charge in [0.2, 0.25) is 0 Å². The van der Waals surface area contributed by atoms with Crippen LogP contribution in [0.2, 0.25) is 5.02 Å². The van der Waals surface area contributed by atoms with Crippen molar-refractivity contribution in [2.75, 3.05) is 5.32 Å². The first-order valence-corrected chi connectivity index (χ1v) is 6.51. The third kappa shape index (κ3) is 3.94. The van der Waals surface area contributed by atoms with Crippen LogP contribution in [-0.4, -0.2) is 16.9 Å². The molecule has 0 aliphatic rings. The van der Waals surface area contributed by atoms with Crippen molar-refractivity contribution >= 4 is 29.0 Å². The average molecular weight is 302 g/mol. The summed E-state index contributed by atoms with van der Waals surface area (Å²) in [5, 5.41) is 12.4. The number of carboxylic acid groups (broad SMARTS) is 1. The van der Waals surface area contributed by atoms with Crippen LogP contribution in [0.25, 0.3) is 0 Å². The van der Waals surface area contributed by atoms with Crippen LogP contribution in [0.5, 0.6) is 0 Å². The maximum atomic E-state index is 11.9. The Morgan fingerprint density at radius 1 is 1.05 bits per heavy atom. The Kier molecular flexibility index (Phi) is 4.74. The second kappa shape index (κ2) is 6.72. The molecule has 0 amide bonds. The highest BCUT2D eigenvalue weighted by Gasteiger charge is 2.07. The second-order valence-corrected chi connectivity index (χ2v) is 4.64. The summed E-state index contributed by atoms with van der Waals surface area (Å²) in [6.45, 7) is 0. The number of benzene rings is 2. The lowest BCUT2D eigenvalue weighted by Gasteiger charge is -2.04. The van der Waals surface area contributed by atoms with Crippen molar-refractivity contribution in [3.8, 4) is 0 Å². The molecule has 0 saturated heterocycles. The number of hydrogen-bond donors (Lipinski definition) is 2. The zero-order valence-electron chi connectivity index (χ0n) is 10.9. The molecule has 0 aliphatic carbocycles. The maximum Gasteiger partial charge on any atom is 0.337 e. The number of ketones is 1. The Morgan fingerprint density at radius 2 is 1.71 bits per heavy atom. The van der Waals surface area contributed by atoms with Crippen molar-refractivity contribution in [3.63, 3.8) is 0 Å². The third-order valence-corrected chi connectivity index (χ3v) is 3.01. The molecule has 4 nitrogen and oxygen atoms in total. The van der Waals surface area contributed by atoms with Gasteiger partial charge in [-0.3, -0.25) is 4.79 Å². The van der Waals surface area contributed by atoms with Gasteiger partial charge in [-0.25, -0.2) is 4.79 Å². The van der Waals surface area contributed by atoms with E-state index in [4.69, 9.17) is 16.7 Å². The summed E-state index contributed by atoms with van der Waals surface area (Å²) in [6, 6.07) is 13.0. The van der Waals surface area contributed by atoms with Crippen LogP contribution in [0, 0.1) is 0 Å². The first-order valence-electron chi connectivity index (χ1n) is 6.13. The van der Waals surface area contributed by atoms with Gasteiger partial charge in [-0.15, -0.1) is 0 Å². The van der Waals surface area contributed by atoms with Crippen molar-refractivity contribution < 1.29 is 14.7 Å². The monoisotopic (exact) mass is 301 g/mol. The van der Waals surface area contributed by atoms with Crippen LogP contribution in [0.15, 0.2) is 60.8 Å². The standard InChI is InChI=1S/C16H12ClNO3/c17-12-7-5-11(6-8-12)15(19)9-10-18-14-4-2-1-3-13(14)16(20)21/h1-10,18H,(H,20,21). The van der Waals surface area contributed by atoms with Crippen LogP contribution >= 0.6 is 11.6 Å². The van der Waals surface area contributed by atoms with E-state index < -0.39 is 5.97 Å². The van der Waals surface area contributed by atoms with Crippen molar-refractivity contribution in [1.82, 2.24) is 0 Å². The molecule has 2 aromatic rings. The van der Waals surface area contributed by atoms with E-state index >= 15 is 0 Å². The molecule has 2 aromatic carbocycles. The molecule has 0 bridgehead atoms. The number of para-hydroxylation sites is 1. The lowest BCUT2D eigenvalue weighted by atomic mass is 10.1. The van der Waals surface area contributed by atoms with E-state index in [0.29, 0.717) is 16.3 Å². The maximum absolute atomic E-state index is 11.9. The zero-order valence-corrected chi connectivity index (χ0v) is 11.7. The van der Waals surface area contributed by atoms with Gasteiger partial charge in [0.15, 0.2) is 5.78 Å². The van der Waals surface area contributed by atoms with Crippen LogP contribution in [0.4, 0.5) is 5.69 Å². The normalized spacial score (nSPS) is 10.5. The minimum atomic E-state index is -1.03. The lowest BCUT2D eigenvalue weighted by molar-refractivity contribution is 0.0698. The number of allylic oxidation sites excluding steroid dienone is 1. The van der Waals surface area contributed by atoms with Gasteiger partial charge in [0, 0.05) is 22.9 Å². The van der Waals surface area contributed by atoms with Crippen molar-refractivity contribution in [1.29, 1.82) is 0 Å². The van der Waals surface area contributed by atoms with E-state index in [-0.39, 0.29) is 11.3 Å². The van der Waals surface area contributed by atoms with Crippen LogP contribution in [0.1, 0.15) is 20.7 Å². The van der Waals surface area contributed by atoms with E-state index in [1.807, 2.05) is 0 Å². The summed E-state index contributed by atoms with van der Waals surface area (Å²) < 4.78 is 0. The predicted molar refractivity (Wildman–Crippen MR) is 81.9 cm³/mol. The molecule has 5 heteroatoms. The van der Waals surface area contributed by atoms with Gasteiger partial charge >= 0.3 is 5.97 Å². The molecule has 2 rings (SSSR count). The Labute approximate surface area is 126 Å². The van der Waals surface area contributed by atoms with Gasteiger partial charge in [-0.05, 0) is 36.4 Å².